The summed E-state index contributed by atoms with van der Waals surface area (Å²) in [5.41, 5.74) is 1.17. The fraction of sp³-hybridized carbons (Fsp3) is 0.471. The lowest BCUT2D eigenvalue weighted by Crippen LogP contribution is -2.45. The van der Waals surface area contributed by atoms with Gasteiger partial charge in [-0.2, -0.15) is 0 Å². The smallest absolute Gasteiger partial charge is 0.273 e. The van der Waals surface area contributed by atoms with Crippen LogP contribution in [0.3, 0.4) is 0 Å². The molecule has 2 aliphatic rings. The van der Waals surface area contributed by atoms with Crippen molar-refractivity contribution in [2.45, 2.75) is 37.8 Å². The zero-order chi connectivity index (χ0) is 16.5. The Kier molecular flexibility index (Phi) is 4.24. The van der Waals surface area contributed by atoms with Crippen molar-refractivity contribution in [2.75, 3.05) is 13.1 Å². The molecule has 1 aromatic heterocycles. The number of piperidine rings is 1. The number of carbonyl (C=O) groups is 1. The minimum absolute atomic E-state index is 0.153. The van der Waals surface area contributed by atoms with Crippen LogP contribution in [-0.2, 0) is 0 Å². The first-order valence-corrected chi connectivity index (χ1v) is 8.80. The normalized spacial score (nSPS) is 19.4. The van der Waals surface area contributed by atoms with Crippen LogP contribution in [0.1, 0.15) is 36.2 Å². The number of rotatable bonds is 4. The standard InChI is InChI=1S/C17H20ClN5O/c18-12-1-3-15(4-2-12)23-11-16(20-21-23)17(24)19-13-7-9-22(10-8-13)14-5-6-14/h1-4,11,13-14H,5-10H2,(H,19,24). The van der Waals surface area contributed by atoms with E-state index in [1.165, 1.54) is 12.8 Å². The van der Waals surface area contributed by atoms with Gasteiger partial charge in [0.1, 0.15) is 0 Å². The van der Waals surface area contributed by atoms with Crippen molar-refractivity contribution in [3.63, 3.8) is 0 Å². The lowest BCUT2D eigenvalue weighted by atomic mass is 10.0. The second-order valence-corrected chi connectivity index (χ2v) is 6.98. The van der Waals surface area contributed by atoms with Crippen LogP contribution in [0.5, 0.6) is 0 Å². The third-order valence-corrected chi connectivity index (χ3v) is 5.00. The van der Waals surface area contributed by atoms with Gasteiger partial charge in [-0.15, -0.1) is 5.10 Å². The van der Waals surface area contributed by atoms with E-state index in [0.29, 0.717) is 10.7 Å². The lowest BCUT2D eigenvalue weighted by molar-refractivity contribution is 0.0904. The van der Waals surface area contributed by atoms with Gasteiger partial charge in [0.25, 0.3) is 5.91 Å². The largest absolute Gasteiger partial charge is 0.348 e. The van der Waals surface area contributed by atoms with E-state index in [1.807, 2.05) is 12.1 Å². The first kappa shape index (κ1) is 15.6. The fourth-order valence-electron chi connectivity index (χ4n) is 3.20. The summed E-state index contributed by atoms with van der Waals surface area (Å²) in [6.45, 7) is 2.15. The number of carbonyl (C=O) groups excluding carboxylic acids is 1. The van der Waals surface area contributed by atoms with Crippen LogP contribution in [0.15, 0.2) is 30.5 Å². The van der Waals surface area contributed by atoms with Gasteiger partial charge in [0.15, 0.2) is 5.69 Å². The Bertz CT molecular complexity index is 717. The molecule has 1 saturated carbocycles. The molecule has 7 heteroatoms. The zero-order valence-electron chi connectivity index (χ0n) is 13.4. The average molecular weight is 346 g/mol. The molecule has 1 N–H and O–H groups in total. The molecule has 0 bridgehead atoms. The van der Waals surface area contributed by atoms with Crippen LogP contribution < -0.4 is 5.32 Å². The van der Waals surface area contributed by atoms with Crippen LogP contribution in [0, 0.1) is 0 Å². The van der Waals surface area contributed by atoms with Crippen molar-refractivity contribution in [1.82, 2.24) is 25.2 Å². The molecule has 4 rings (SSSR count). The number of hydrogen-bond acceptors (Lipinski definition) is 4. The molecule has 0 atom stereocenters. The molecule has 2 aromatic rings. The maximum atomic E-state index is 12.4. The van der Waals surface area contributed by atoms with Gasteiger partial charge in [0, 0.05) is 30.2 Å². The van der Waals surface area contributed by atoms with Gasteiger partial charge in [0.05, 0.1) is 11.9 Å². The molecule has 1 amide bonds. The van der Waals surface area contributed by atoms with Crippen LogP contribution >= 0.6 is 11.6 Å². The van der Waals surface area contributed by atoms with Crippen molar-refractivity contribution in [3.05, 3.63) is 41.2 Å². The molecule has 6 nitrogen and oxygen atoms in total. The number of hydrogen-bond donors (Lipinski definition) is 1. The lowest BCUT2D eigenvalue weighted by Gasteiger charge is -2.32. The Hall–Kier alpha value is -1.92. The molecule has 24 heavy (non-hydrogen) atoms. The summed E-state index contributed by atoms with van der Waals surface area (Å²) in [6.07, 6.45) is 6.34. The van der Waals surface area contributed by atoms with Gasteiger partial charge in [0.2, 0.25) is 0 Å². The van der Waals surface area contributed by atoms with Crippen LogP contribution in [0.4, 0.5) is 0 Å². The van der Waals surface area contributed by atoms with E-state index in [0.717, 1.165) is 37.7 Å². The summed E-state index contributed by atoms with van der Waals surface area (Å²) in [4.78, 5) is 14.9. The van der Waals surface area contributed by atoms with E-state index >= 15 is 0 Å². The Balaban J connectivity index is 1.35. The molecule has 1 aliphatic carbocycles. The van der Waals surface area contributed by atoms with Gasteiger partial charge >= 0.3 is 0 Å². The summed E-state index contributed by atoms with van der Waals surface area (Å²) in [5, 5.41) is 11.8. The van der Waals surface area contributed by atoms with E-state index in [4.69, 9.17) is 11.6 Å². The van der Waals surface area contributed by atoms with Gasteiger partial charge in [-0.3, -0.25) is 4.79 Å². The zero-order valence-corrected chi connectivity index (χ0v) is 14.1. The number of halogens is 1. The SMILES string of the molecule is O=C(NC1CCN(C2CC2)CC1)c1cn(-c2ccc(Cl)cc2)nn1. The summed E-state index contributed by atoms with van der Waals surface area (Å²) in [6, 6.07) is 8.28. The van der Waals surface area contributed by atoms with E-state index in [9.17, 15) is 4.79 Å². The molecule has 126 valence electrons. The first-order chi connectivity index (χ1) is 11.7. The number of likely N-dealkylation sites (tertiary alicyclic amines) is 1. The first-order valence-electron chi connectivity index (χ1n) is 8.42. The predicted molar refractivity (Wildman–Crippen MR) is 91.5 cm³/mol. The molecule has 0 spiro atoms. The number of nitrogens with one attached hydrogen (secondary N) is 1. The predicted octanol–water partition coefficient (Wildman–Crippen LogP) is 2.28. The molecule has 2 fully saturated rings. The average Bonchev–Trinajstić information content (AvgIpc) is 3.33. The third-order valence-electron chi connectivity index (χ3n) is 4.75. The quantitative estimate of drug-likeness (QED) is 0.923. The number of nitrogens with zero attached hydrogens (tertiary/aromatic N) is 4. The summed E-state index contributed by atoms with van der Waals surface area (Å²) >= 11 is 5.88. The minimum atomic E-state index is -0.153. The number of benzene rings is 1. The Labute approximate surface area is 145 Å². The molecular weight excluding hydrogens is 326 g/mol. The van der Waals surface area contributed by atoms with Gasteiger partial charge < -0.3 is 10.2 Å². The highest BCUT2D eigenvalue weighted by Crippen LogP contribution is 2.29. The number of aromatic nitrogens is 3. The fourth-order valence-corrected chi connectivity index (χ4v) is 3.32. The highest BCUT2D eigenvalue weighted by Gasteiger charge is 2.32. The number of amides is 1. The van der Waals surface area contributed by atoms with E-state index in [-0.39, 0.29) is 11.9 Å². The molecule has 1 aliphatic heterocycles. The van der Waals surface area contributed by atoms with Gasteiger partial charge in [-0.1, -0.05) is 16.8 Å². The molecule has 2 heterocycles. The van der Waals surface area contributed by atoms with Crippen molar-refractivity contribution in [1.29, 1.82) is 0 Å². The second-order valence-electron chi connectivity index (χ2n) is 6.54. The van der Waals surface area contributed by atoms with Crippen molar-refractivity contribution in [3.8, 4) is 5.69 Å². The Morgan fingerprint density at radius 2 is 1.83 bits per heavy atom. The van der Waals surface area contributed by atoms with Crippen molar-refractivity contribution in [2.24, 2.45) is 0 Å². The van der Waals surface area contributed by atoms with Crippen molar-refractivity contribution < 1.29 is 4.79 Å². The van der Waals surface area contributed by atoms with Crippen LogP contribution in [0.2, 0.25) is 5.02 Å². The molecular formula is C17H20ClN5O. The molecule has 1 aromatic carbocycles. The van der Waals surface area contributed by atoms with E-state index in [2.05, 4.69) is 20.5 Å². The highest BCUT2D eigenvalue weighted by atomic mass is 35.5. The molecule has 1 saturated heterocycles. The second kappa shape index (κ2) is 6.53. The highest BCUT2D eigenvalue weighted by molar-refractivity contribution is 6.30. The van der Waals surface area contributed by atoms with E-state index < -0.39 is 0 Å². The maximum absolute atomic E-state index is 12.4. The molecule has 0 unspecified atom stereocenters. The maximum Gasteiger partial charge on any atom is 0.273 e. The minimum Gasteiger partial charge on any atom is -0.348 e. The Morgan fingerprint density at radius 3 is 2.50 bits per heavy atom. The van der Waals surface area contributed by atoms with E-state index in [1.54, 1.807) is 23.0 Å². The molecule has 0 radical (unpaired) electrons. The summed E-state index contributed by atoms with van der Waals surface area (Å²) in [5.74, 6) is -0.153. The third kappa shape index (κ3) is 3.44. The Morgan fingerprint density at radius 1 is 1.12 bits per heavy atom. The van der Waals surface area contributed by atoms with Crippen LogP contribution in [-0.4, -0.2) is 51.0 Å². The summed E-state index contributed by atoms with van der Waals surface area (Å²) < 4.78 is 1.58. The van der Waals surface area contributed by atoms with Crippen molar-refractivity contribution >= 4 is 17.5 Å². The monoisotopic (exact) mass is 345 g/mol. The van der Waals surface area contributed by atoms with Gasteiger partial charge in [-0.25, -0.2) is 4.68 Å². The van der Waals surface area contributed by atoms with Gasteiger partial charge in [-0.05, 0) is 49.9 Å². The van der Waals surface area contributed by atoms with Crippen LogP contribution in [0.25, 0.3) is 5.69 Å². The topological polar surface area (TPSA) is 63.1 Å². The summed E-state index contributed by atoms with van der Waals surface area (Å²) in [7, 11) is 0.